The van der Waals surface area contributed by atoms with Crippen molar-refractivity contribution in [1.82, 2.24) is 4.90 Å². The second kappa shape index (κ2) is 10.1. The number of nitrogens with two attached hydrogens (primary N) is 1. The van der Waals surface area contributed by atoms with Gasteiger partial charge in [-0.1, -0.05) is 30.3 Å². The smallest absolute Gasteiger partial charge is 0.372 e. The number of piperidine rings is 1. The van der Waals surface area contributed by atoms with Gasteiger partial charge in [-0.25, -0.2) is 0 Å². The summed E-state index contributed by atoms with van der Waals surface area (Å²) in [5, 5.41) is 0. The fourth-order valence-corrected chi connectivity index (χ4v) is 4.09. The fourth-order valence-electron chi connectivity index (χ4n) is 4.09. The Labute approximate surface area is 187 Å². The summed E-state index contributed by atoms with van der Waals surface area (Å²) < 4.78 is 84.9. The number of amides is 1. The van der Waals surface area contributed by atoms with Gasteiger partial charge in [-0.2, -0.15) is 26.3 Å². The number of likely N-dealkylation sites (tertiary alicyclic amines) is 1. The molecule has 180 valence electrons. The molecule has 2 aromatic rings. The third-order valence-electron chi connectivity index (χ3n) is 5.58. The van der Waals surface area contributed by atoms with Crippen LogP contribution in [-0.2, 0) is 28.5 Å². The number of hydrogen-bond acceptors (Lipinski definition) is 3. The highest BCUT2D eigenvalue weighted by Crippen LogP contribution is 2.38. The number of halogens is 6. The zero-order chi connectivity index (χ0) is 24.2. The van der Waals surface area contributed by atoms with Crippen LogP contribution in [0.1, 0.15) is 47.6 Å². The van der Waals surface area contributed by atoms with Crippen LogP contribution in [-0.4, -0.2) is 30.0 Å². The molecule has 33 heavy (non-hydrogen) atoms. The summed E-state index contributed by atoms with van der Waals surface area (Å²) in [7, 11) is 0. The van der Waals surface area contributed by atoms with Crippen molar-refractivity contribution in [3.05, 3.63) is 70.8 Å². The van der Waals surface area contributed by atoms with Crippen LogP contribution in [0.4, 0.5) is 26.3 Å². The van der Waals surface area contributed by atoms with Gasteiger partial charge in [0.2, 0.25) is 5.91 Å². The molecule has 0 bridgehead atoms. The van der Waals surface area contributed by atoms with E-state index in [1.54, 1.807) is 0 Å². The summed E-state index contributed by atoms with van der Waals surface area (Å²) in [6.07, 6.45) is -8.94. The molecule has 2 N–H and O–H groups in total. The maximum Gasteiger partial charge on any atom is 0.416 e. The van der Waals surface area contributed by atoms with Crippen molar-refractivity contribution < 1.29 is 35.9 Å². The van der Waals surface area contributed by atoms with Crippen molar-refractivity contribution in [1.29, 1.82) is 0 Å². The molecule has 10 heteroatoms. The molecule has 0 saturated carbocycles. The second-order valence-electron chi connectivity index (χ2n) is 8.01. The Morgan fingerprint density at radius 1 is 1.00 bits per heavy atom. The molecule has 0 spiro atoms. The first-order valence-electron chi connectivity index (χ1n) is 10.4. The van der Waals surface area contributed by atoms with Crippen molar-refractivity contribution in [3.63, 3.8) is 0 Å². The average Bonchev–Trinajstić information content (AvgIpc) is 2.75. The summed E-state index contributed by atoms with van der Waals surface area (Å²) in [6, 6.07) is 10.4. The predicted octanol–water partition coefficient (Wildman–Crippen LogP) is 5.32. The molecule has 1 aliphatic rings. The monoisotopic (exact) mass is 474 g/mol. The predicted molar refractivity (Wildman–Crippen MR) is 109 cm³/mol. The molecule has 0 radical (unpaired) electrons. The number of carbonyl (C=O) groups is 1. The Morgan fingerprint density at radius 2 is 1.61 bits per heavy atom. The van der Waals surface area contributed by atoms with E-state index in [0.29, 0.717) is 38.1 Å². The molecule has 2 aromatic carbocycles. The van der Waals surface area contributed by atoms with Gasteiger partial charge in [-0.05, 0) is 48.7 Å². The molecule has 0 aliphatic carbocycles. The first-order valence-corrected chi connectivity index (χ1v) is 10.4. The van der Waals surface area contributed by atoms with E-state index in [4.69, 9.17) is 10.5 Å². The minimum Gasteiger partial charge on any atom is -0.372 e. The van der Waals surface area contributed by atoms with Crippen molar-refractivity contribution in [2.24, 2.45) is 5.73 Å². The Bertz CT molecular complexity index is 914. The quantitative estimate of drug-likeness (QED) is 0.553. The number of hydrogen-bond donors (Lipinski definition) is 1. The molecule has 3 rings (SSSR count). The molecule has 1 amide bonds. The van der Waals surface area contributed by atoms with Gasteiger partial charge in [0.15, 0.2) is 0 Å². The van der Waals surface area contributed by atoms with Gasteiger partial charge in [0, 0.05) is 13.0 Å². The van der Waals surface area contributed by atoms with E-state index in [2.05, 4.69) is 0 Å². The number of ether oxygens (including phenoxy) is 1. The second-order valence-corrected chi connectivity index (χ2v) is 8.01. The van der Waals surface area contributed by atoms with Gasteiger partial charge in [-0.3, -0.25) is 9.69 Å². The van der Waals surface area contributed by atoms with Gasteiger partial charge < -0.3 is 10.5 Å². The van der Waals surface area contributed by atoms with Crippen molar-refractivity contribution in [2.75, 3.05) is 13.1 Å². The molecule has 0 unspecified atom stereocenters. The van der Waals surface area contributed by atoms with Gasteiger partial charge >= 0.3 is 12.4 Å². The van der Waals surface area contributed by atoms with Gasteiger partial charge in [0.1, 0.15) is 0 Å². The lowest BCUT2D eigenvalue weighted by molar-refractivity contribution is -0.143. The number of primary amides is 1. The molecule has 1 fully saturated rings. The van der Waals surface area contributed by atoms with Crippen LogP contribution >= 0.6 is 0 Å². The van der Waals surface area contributed by atoms with Crippen LogP contribution < -0.4 is 5.73 Å². The van der Waals surface area contributed by atoms with E-state index in [9.17, 15) is 31.1 Å². The zero-order valence-corrected chi connectivity index (χ0v) is 17.6. The molecule has 4 nitrogen and oxygen atoms in total. The number of carbonyl (C=O) groups excluding carboxylic acids is 1. The average molecular weight is 474 g/mol. The number of nitrogens with zero attached hydrogens (tertiary/aromatic N) is 1. The number of benzene rings is 2. The maximum absolute atomic E-state index is 13.2. The first kappa shape index (κ1) is 25.0. The molecular weight excluding hydrogens is 450 g/mol. The molecule has 0 aromatic heterocycles. The van der Waals surface area contributed by atoms with E-state index in [0.717, 1.165) is 5.56 Å². The Morgan fingerprint density at radius 3 is 2.15 bits per heavy atom. The van der Waals surface area contributed by atoms with E-state index in [1.165, 1.54) is 0 Å². The topological polar surface area (TPSA) is 55.6 Å². The Kier molecular flexibility index (Phi) is 7.69. The fraction of sp³-hybridized carbons (Fsp3) is 0.435. The van der Waals surface area contributed by atoms with E-state index < -0.39 is 42.1 Å². The summed E-state index contributed by atoms with van der Waals surface area (Å²) in [5.41, 5.74) is 3.21. The summed E-state index contributed by atoms with van der Waals surface area (Å²) >= 11 is 0. The third-order valence-corrected chi connectivity index (χ3v) is 5.58. The first-order chi connectivity index (χ1) is 15.4. The SMILES string of the molecule is NC(=O)CCN1CCC[C@H](OCc2cc(C(F)(F)F)cc(C(F)(F)F)c2)[C@@H]1c1ccccc1. The van der Waals surface area contributed by atoms with Crippen LogP contribution in [0.15, 0.2) is 48.5 Å². The number of alkyl halides is 6. The lowest BCUT2D eigenvalue weighted by Crippen LogP contribution is -2.44. The minimum atomic E-state index is -4.92. The molecular formula is C23H24F6N2O2. The molecule has 1 aliphatic heterocycles. The van der Waals surface area contributed by atoms with Crippen LogP contribution in [0.2, 0.25) is 0 Å². The normalized spacial score (nSPS) is 20.1. The van der Waals surface area contributed by atoms with Crippen LogP contribution in [0.3, 0.4) is 0 Å². The zero-order valence-electron chi connectivity index (χ0n) is 17.6. The molecule has 2 atom stereocenters. The highest BCUT2D eigenvalue weighted by molar-refractivity contribution is 5.73. The van der Waals surface area contributed by atoms with Crippen LogP contribution in [0.5, 0.6) is 0 Å². The van der Waals surface area contributed by atoms with Crippen molar-refractivity contribution in [2.45, 2.75) is 50.4 Å². The molecule has 1 heterocycles. The van der Waals surface area contributed by atoms with Gasteiger partial charge in [0.05, 0.1) is 29.9 Å². The van der Waals surface area contributed by atoms with Gasteiger partial charge in [0.25, 0.3) is 0 Å². The maximum atomic E-state index is 13.2. The third kappa shape index (κ3) is 6.70. The largest absolute Gasteiger partial charge is 0.416 e. The van der Waals surface area contributed by atoms with Crippen LogP contribution in [0.25, 0.3) is 0 Å². The Balaban J connectivity index is 1.85. The van der Waals surface area contributed by atoms with Crippen molar-refractivity contribution in [3.8, 4) is 0 Å². The Hall–Kier alpha value is -2.59. The summed E-state index contributed by atoms with van der Waals surface area (Å²) in [6.45, 7) is 0.621. The van der Waals surface area contributed by atoms with Crippen molar-refractivity contribution >= 4 is 5.91 Å². The van der Waals surface area contributed by atoms with Gasteiger partial charge in [-0.15, -0.1) is 0 Å². The summed E-state index contributed by atoms with van der Waals surface area (Å²) in [5.74, 6) is -0.464. The highest BCUT2D eigenvalue weighted by atomic mass is 19.4. The molecule has 1 saturated heterocycles. The van der Waals surface area contributed by atoms with E-state index in [-0.39, 0.29) is 24.1 Å². The lowest BCUT2D eigenvalue weighted by Gasteiger charge is -2.41. The number of rotatable bonds is 7. The summed E-state index contributed by atoms with van der Waals surface area (Å²) in [4.78, 5) is 13.3. The lowest BCUT2D eigenvalue weighted by atomic mass is 9.92. The highest BCUT2D eigenvalue weighted by Gasteiger charge is 2.37. The standard InChI is InChI=1S/C23H24F6N2O2/c24-22(25,26)17-11-15(12-18(13-17)23(27,28)29)14-33-19-7-4-9-31(10-8-20(30)32)21(19)16-5-2-1-3-6-16/h1-3,5-6,11-13,19,21H,4,7-10,14H2,(H2,30,32)/t19-,21-/m0/s1. The minimum absolute atomic E-state index is 0.0996. The van der Waals surface area contributed by atoms with E-state index in [1.807, 2.05) is 35.2 Å². The van der Waals surface area contributed by atoms with E-state index >= 15 is 0 Å². The van der Waals surface area contributed by atoms with Crippen LogP contribution in [0, 0.1) is 0 Å².